The number of benzene rings is 1. The Kier molecular flexibility index (Phi) is 3.73. The van der Waals surface area contributed by atoms with Crippen molar-refractivity contribution >= 4 is 10.9 Å². The van der Waals surface area contributed by atoms with Gasteiger partial charge in [0.15, 0.2) is 0 Å². The molecule has 0 saturated heterocycles. The average Bonchev–Trinajstić information content (AvgIpc) is 3.10. The van der Waals surface area contributed by atoms with Crippen molar-refractivity contribution < 1.29 is 0 Å². The van der Waals surface area contributed by atoms with E-state index < -0.39 is 0 Å². The molecule has 1 aromatic carbocycles. The van der Waals surface area contributed by atoms with Gasteiger partial charge in [-0.25, -0.2) is 0 Å². The van der Waals surface area contributed by atoms with Gasteiger partial charge in [0.2, 0.25) is 0 Å². The predicted molar refractivity (Wildman–Crippen MR) is 86.4 cm³/mol. The van der Waals surface area contributed by atoms with Crippen LogP contribution in [0.2, 0.25) is 0 Å². The third-order valence-corrected chi connectivity index (χ3v) is 4.96. The van der Waals surface area contributed by atoms with Crippen LogP contribution in [-0.4, -0.2) is 29.6 Å². The first-order valence-electron chi connectivity index (χ1n) is 7.83. The Bertz CT molecular complexity index is 690. The highest BCUT2D eigenvalue weighted by Gasteiger charge is 2.29. The van der Waals surface area contributed by atoms with Crippen molar-refractivity contribution in [2.75, 3.05) is 14.1 Å². The van der Waals surface area contributed by atoms with Gasteiger partial charge in [0.1, 0.15) is 0 Å². The van der Waals surface area contributed by atoms with E-state index in [2.05, 4.69) is 54.9 Å². The quantitative estimate of drug-likeness (QED) is 0.858. The number of fused-ring (bicyclic) bond motifs is 1. The number of aromatic nitrogens is 1. The second-order valence-corrected chi connectivity index (χ2v) is 6.34. The van der Waals surface area contributed by atoms with Crippen molar-refractivity contribution in [1.82, 2.24) is 9.47 Å². The van der Waals surface area contributed by atoms with Gasteiger partial charge < -0.3 is 9.47 Å². The summed E-state index contributed by atoms with van der Waals surface area (Å²) in [6.45, 7) is 3.16. The second-order valence-electron chi connectivity index (χ2n) is 6.34. The van der Waals surface area contributed by atoms with E-state index in [9.17, 15) is 0 Å². The Morgan fingerprint density at radius 1 is 1.33 bits per heavy atom. The number of hydrogen-bond acceptors (Lipinski definition) is 2. The fourth-order valence-electron chi connectivity index (χ4n) is 3.69. The maximum absolute atomic E-state index is 9.17. The van der Waals surface area contributed by atoms with Crippen molar-refractivity contribution in [3.63, 3.8) is 0 Å². The fraction of sp³-hybridized carbons (Fsp3) is 0.500. The van der Waals surface area contributed by atoms with Crippen LogP contribution in [0.25, 0.3) is 10.9 Å². The average molecular weight is 281 g/mol. The van der Waals surface area contributed by atoms with Crippen molar-refractivity contribution in [3.8, 4) is 6.07 Å². The number of hydrogen-bond donors (Lipinski definition) is 0. The van der Waals surface area contributed by atoms with E-state index in [1.165, 1.54) is 35.7 Å². The smallest absolute Gasteiger partial charge is 0.0991 e. The van der Waals surface area contributed by atoms with Crippen LogP contribution < -0.4 is 0 Å². The van der Waals surface area contributed by atoms with Gasteiger partial charge in [-0.2, -0.15) is 5.26 Å². The van der Waals surface area contributed by atoms with Crippen molar-refractivity contribution in [2.24, 2.45) is 0 Å². The van der Waals surface area contributed by atoms with E-state index in [1.54, 1.807) is 0 Å². The van der Waals surface area contributed by atoms with Gasteiger partial charge in [0.05, 0.1) is 11.6 Å². The Morgan fingerprint density at radius 2 is 2.14 bits per heavy atom. The molecule has 3 rings (SSSR count). The summed E-state index contributed by atoms with van der Waals surface area (Å²) < 4.78 is 2.31. The standard InChI is InChI=1S/C18H23N3/c1-4-21-12-17(14-6-7-15(10-14)20(2)3)16-9-13(11-19)5-8-18(16)21/h5,8-9,12,14-15H,4,6-7,10H2,1-3H3/t14-,15-/m1/s1. The summed E-state index contributed by atoms with van der Waals surface area (Å²) in [6.07, 6.45) is 6.07. The Hall–Kier alpha value is -1.79. The topological polar surface area (TPSA) is 32.0 Å². The molecule has 1 aliphatic rings. The van der Waals surface area contributed by atoms with Gasteiger partial charge in [-0.05, 0) is 70.0 Å². The molecule has 21 heavy (non-hydrogen) atoms. The van der Waals surface area contributed by atoms with Gasteiger partial charge >= 0.3 is 0 Å². The normalized spacial score (nSPS) is 22.0. The minimum atomic E-state index is 0.627. The Morgan fingerprint density at radius 3 is 2.76 bits per heavy atom. The van der Waals surface area contributed by atoms with Crippen LogP contribution in [0.5, 0.6) is 0 Å². The monoisotopic (exact) mass is 281 g/mol. The van der Waals surface area contributed by atoms with E-state index >= 15 is 0 Å². The lowest BCUT2D eigenvalue weighted by atomic mass is 9.96. The Balaban J connectivity index is 2.04. The maximum atomic E-state index is 9.17. The summed E-state index contributed by atoms with van der Waals surface area (Å²) in [5.74, 6) is 0.627. The molecule has 1 aliphatic carbocycles. The zero-order valence-corrected chi connectivity index (χ0v) is 13.1. The summed E-state index contributed by atoms with van der Waals surface area (Å²) in [5.41, 5.74) is 3.47. The molecule has 2 atom stereocenters. The summed E-state index contributed by atoms with van der Waals surface area (Å²) >= 11 is 0. The molecule has 110 valence electrons. The highest BCUT2D eigenvalue weighted by atomic mass is 15.1. The van der Waals surface area contributed by atoms with Gasteiger partial charge in [0.25, 0.3) is 0 Å². The zero-order valence-electron chi connectivity index (χ0n) is 13.1. The van der Waals surface area contributed by atoms with Crippen LogP contribution in [0.4, 0.5) is 0 Å². The van der Waals surface area contributed by atoms with E-state index in [1.807, 2.05) is 6.07 Å². The second kappa shape index (κ2) is 5.54. The van der Waals surface area contributed by atoms with Gasteiger partial charge in [-0.1, -0.05) is 0 Å². The maximum Gasteiger partial charge on any atom is 0.0991 e. The molecule has 0 spiro atoms. The first-order valence-corrected chi connectivity index (χ1v) is 7.83. The van der Waals surface area contributed by atoms with Crippen LogP contribution in [0.1, 0.15) is 43.2 Å². The summed E-state index contributed by atoms with van der Waals surface area (Å²) in [6, 6.07) is 9.05. The first kappa shape index (κ1) is 14.2. The third kappa shape index (κ3) is 2.45. The molecular weight excluding hydrogens is 258 g/mol. The molecule has 3 heteroatoms. The van der Waals surface area contributed by atoms with Crippen LogP contribution in [-0.2, 0) is 6.54 Å². The van der Waals surface area contributed by atoms with Crippen LogP contribution in [0.3, 0.4) is 0 Å². The number of rotatable bonds is 3. The van der Waals surface area contributed by atoms with E-state index in [4.69, 9.17) is 5.26 Å². The molecule has 0 radical (unpaired) electrons. The minimum absolute atomic E-state index is 0.627. The molecular formula is C18H23N3. The summed E-state index contributed by atoms with van der Waals surface area (Å²) in [4.78, 5) is 2.35. The van der Waals surface area contributed by atoms with Crippen molar-refractivity contribution in [3.05, 3.63) is 35.5 Å². The van der Waals surface area contributed by atoms with Gasteiger partial charge in [-0.15, -0.1) is 0 Å². The number of nitrogens with zero attached hydrogens (tertiary/aromatic N) is 3. The number of nitriles is 1. The molecule has 3 nitrogen and oxygen atoms in total. The van der Waals surface area contributed by atoms with E-state index in [0.717, 1.165) is 12.1 Å². The lowest BCUT2D eigenvalue weighted by Crippen LogP contribution is -2.24. The molecule has 1 fully saturated rings. The highest BCUT2D eigenvalue weighted by Crippen LogP contribution is 2.40. The summed E-state index contributed by atoms with van der Waals surface area (Å²) in [7, 11) is 4.35. The Labute approximate surface area is 126 Å². The molecule has 1 saturated carbocycles. The van der Waals surface area contributed by atoms with E-state index in [-0.39, 0.29) is 0 Å². The highest BCUT2D eigenvalue weighted by molar-refractivity contribution is 5.86. The minimum Gasteiger partial charge on any atom is -0.347 e. The lowest BCUT2D eigenvalue weighted by molar-refractivity contribution is 0.297. The zero-order chi connectivity index (χ0) is 15.0. The predicted octanol–water partition coefficient (Wildman–Crippen LogP) is 3.73. The summed E-state index contributed by atoms with van der Waals surface area (Å²) in [5, 5.41) is 10.4. The molecule has 0 bridgehead atoms. The van der Waals surface area contributed by atoms with Gasteiger partial charge in [-0.3, -0.25) is 0 Å². The fourth-order valence-corrected chi connectivity index (χ4v) is 3.69. The van der Waals surface area contributed by atoms with Crippen LogP contribution >= 0.6 is 0 Å². The molecule has 0 N–H and O–H groups in total. The number of aryl methyl sites for hydroxylation is 1. The molecule has 0 unspecified atom stereocenters. The van der Waals surface area contributed by atoms with Gasteiger partial charge in [0, 0.05) is 29.7 Å². The molecule has 0 amide bonds. The van der Waals surface area contributed by atoms with Crippen molar-refractivity contribution in [1.29, 1.82) is 5.26 Å². The molecule has 1 heterocycles. The molecule has 0 aliphatic heterocycles. The van der Waals surface area contributed by atoms with Crippen LogP contribution in [0, 0.1) is 11.3 Å². The lowest BCUT2D eigenvalue weighted by Gasteiger charge is -2.18. The van der Waals surface area contributed by atoms with E-state index in [0.29, 0.717) is 12.0 Å². The molecule has 2 aromatic rings. The van der Waals surface area contributed by atoms with Crippen molar-refractivity contribution in [2.45, 2.75) is 44.7 Å². The molecule has 1 aromatic heterocycles. The largest absolute Gasteiger partial charge is 0.347 e. The third-order valence-electron chi connectivity index (χ3n) is 4.96. The first-order chi connectivity index (χ1) is 10.1. The van der Waals surface area contributed by atoms with Crippen LogP contribution in [0.15, 0.2) is 24.4 Å². The SMILES string of the molecule is CCn1cc([C@@H]2CC[C@@H](N(C)C)C2)c2cc(C#N)ccc21.